The van der Waals surface area contributed by atoms with Gasteiger partial charge in [0, 0.05) is 6.42 Å². The van der Waals surface area contributed by atoms with Crippen LogP contribution < -0.4 is 5.32 Å². The number of carbonyl (C=O) groups excluding carboxylic acids is 1. The molecule has 266 valence electrons. The Hall–Kier alpha value is -1.99. The minimum atomic E-state index is -0.932. The zero-order valence-corrected chi connectivity index (χ0v) is 29.5. The minimum absolute atomic E-state index is 0.209. The van der Waals surface area contributed by atoms with E-state index in [4.69, 9.17) is 0 Å². The van der Waals surface area contributed by atoms with Crippen LogP contribution in [0, 0.1) is 0 Å². The lowest BCUT2D eigenvalue weighted by molar-refractivity contribution is -0.123. The Morgan fingerprint density at radius 2 is 1.09 bits per heavy atom. The quantitative estimate of drug-likeness (QED) is 0.0285. The first kappa shape index (κ1) is 44.0. The van der Waals surface area contributed by atoms with Crippen molar-refractivity contribution in [2.24, 2.45) is 0 Å². The molecular formula is C40H71NO5. The maximum atomic E-state index is 12.3. The van der Waals surface area contributed by atoms with Crippen LogP contribution in [0.5, 0.6) is 0 Å². The van der Waals surface area contributed by atoms with Crippen LogP contribution in [0.4, 0.5) is 0 Å². The van der Waals surface area contributed by atoms with Crippen LogP contribution in [0.1, 0.15) is 155 Å². The van der Waals surface area contributed by atoms with Gasteiger partial charge in [0.05, 0.1) is 31.0 Å². The Balaban J connectivity index is 3.96. The number of unbranched alkanes of at least 4 members (excludes halogenated alkanes) is 16. The molecule has 0 aliphatic heterocycles. The van der Waals surface area contributed by atoms with Crippen molar-refractivity contribution in [3.8, 4) is 0 Å². The molecule has 0 saturated carbocycles. The largest absolute Gasteiger partial charge is 0.394 e. The Morgan fingerprint density at radius 1 is 0.587 bits per heavy atom. The van der Waals surface area contributed by atoms with Crippen molar-refractivity contribution in [1.82, 2.24) is 5.32 Å². The summed E-state index contributed by atoms with van der Waals surface area (Å²) in [6.45, 7) is 4.11. The van der Waals surface area contributed by atoms with E-state index in [0.717, 1.165) is 19.3 Å². The average Bonchev–Trinajstić information content (AvgIpc) is 3.04. The van der Waals surface area contributed by atoms with Crippen molar-refractivity contribution in [2.75, 3.05) is 6.61 Å². The molecule has 0 bridgehead atoms. The van der Waals surface area contributed by atoms with E-state index < -0.39 is 24.4 Å². The van der Waals surface area contributed by atoms with Gasteiger partial charge in [-0.2, -0.15) is 0 Å². The van der Waals surface area contributed by atoms with Gasteiger partial charge >= 0.3 is 0 Å². The van der Waals surface area contributed by atoms with Gasteiger partial charge in [-0.15, -0.1) is 0 Å². The third-order valence-corrected chi connectivity index (χ3v) is 8.19. The number of amides is 1. The fourth-order valence-corrected chi connectivity index (χ4v) is 5.19. The number of hydrogen-bond acceptors (Lipinski definition) is 5. The normalized spacial score (nSPS) is 15.2. The van der Waals surface area contributed by atoms with Crippen molar-refractivity contribution in [2.45, 2.75) is 179 Å². The molecule has 5 N–H and O–H groups in total. The van der Waals surface area contributed by atoms with Gasteiger partial charge in [-0.3, -0.25) is 4.79 Å². The molecular weight excluding hydrogens is 574 g/mol. The standard InChI is InChI=1S/C40H71NO5/c1-3-5-7-9-11-12-13-14-15-16-17-18-19-21-27-33-39(45)38(35-42)41-40(46)34-28-32-37(44)31-26-23-22-25-30-36(43)29-24-20-10-8-6-4-2/h20,22-27,30-31,33,36-39,42-45H,3-19,21,28-29,32,34-35H2,1-2H3,(H,41,46)/b23-22+,24-20-,30-25+,31-26-,33-27+/t36-,37-,38-,39+/m0/s1. The van der Waals surface area contributed by atoms with E-state index in [9.17, 15) is 25.2 Å². The van der Waals surface area contributed by atoms with Crippen molar-refractivity contribution in [1.29, 1.82) is 0 Å². The number of hydrogen-bond donors (Lipinski definition) is 5. The average molecular weight is 646 g/mol. The third kappa shape index (κ3) is 30.7. The fraction of sp³-hybridized carbons (Fsp3) is 0.725. The van der Waals surface area contributed by atoms with Gasteiger partial charge in [-0.05, 0) is 44.9 Å². The molecule has 0 saturated heterocycles. The zero-order valence-electron chi connectivity index (χ0n) is 29.5. The highest BCUT2D eigenvalue weighted by atomic mass is 16.3. The Morgan fingerprint density at radius 3 is 1.67 bits per heavy atom. The molecule has 0 rings (SSSR count). The predicted molar refractivity (Wildman–Crippen MR) is 196 cm³/mol. The molecule has 0 spiro atoms. The molecule has 0 aromatic carbocycles. The molecule has 0 heterocycles. The highest BCUT2D eigenvalue weighted by molar-refractivity contribution is 5.76. The molecule has 0 aliphatic carbocycles. The van der Waals surface area contributed by atoms with Crippen molar-refractivity contribution in [3.63, 3.8) is 0 Å². The lowest BCUT2D eigenvalue weighted by Crippen LogP contribution is -2.45. The number of nitrogens with one attached hydrogen (secondary N) is 1. The second-order valence-electron chi connectivity index (χ2n) is 12.7. The lowest BCUT2D eigenvalue weighted by atomic mass is 10.0. The van der Waals surface area contributed by atoms with Crippen LogP contribution in [0.2, 0.25) is 0 Å². The van der Waals surface area contributed by atoms with E-state index in [2.05, 4.69) is 25.2 Å². The van der Waals surface area contributed by atoms with Gasteiger partial charge in [0.15, 0.2) is 0 Å². The summed E-state index contributed by atoms with van der Waals surface area (Å²) < 4.78 is 0. The summed E-state index contributed by atoms with van der Waals surface area (Å²) in [4.78, 5) is 12.3. The number of allylic oxidation sites excluding steroid dienone is 6. The topological polar surface area (TPSA) is 110 Å². The van der Waals surface area contributed by atoms with Crippen LogP contribution in [0.3, 0.4) is 0 Å². The number of carbonyl (C=O) groups is 1. The molecule has 4 atom stereocenters. The molecule has 6 nitrogen and oxygen atoms in total. The molecule has 6 heteroatoms. The van der Waals surface area contributed by atoms with E-state index in [1.165, 1.54) is 96.3 Å². The fourth-order valence-electron chi connectivity index (χ4n) is 5.19. The molecule has 0 aromatic heterocycles. The second kappa shape index (κ2) is 34.3. The molecule has 46 heavy (non-hydrogen) atoms. The number of rotatable bonds is 32. The molecule has 0 fully saturated rings. The highest BCUT2D eigenvalue weighted by Gasteiger charge is 2.18. The van der Waals surface area contributed by atoms with Crippen LogP contribution in [0.15, 0.2) is 60.8 Å². The Bertz CT molecular complexity index is 818. The molecule has 0 radical (unpaired) electrons. The van der Waals surface area contributed by atoms with Crippen LogP contribution in [-0.4, -0.2) is 57.3 Å². The molecule has 0 aromatic rings. The van der Waals surface area contributed by atoms with Crippen LogP contribution >= 0.6 is 0 Å². The summed E-state index contributed by atoms with van der Waals surface area (Å²) >= 11 is 0. The summed E-state index contributed by atoms with van der Waals surface area (Å²) in [6.07, 6.45) is 40.7. The van der Waals surface area contributed by atoms with Crippen molar-refractivity contribution < 1.29 is 25.2 Å². The number of aliphatic hydroxyl groups is 4. The highest BCUT2D eigenvalue weighted by Crippen LogP contribution is 2.13. The SMILES string of the molecule is CCCCC/C=C\C[C@H](O)/C=C/C=C/C=C\[C@H](O)CCCC(=O)N[C@@H](CO)[C@H](O)/C=C/CCCCCCCCCCCCCCC. The van der Waals surface area contributed by atoms with E-state index in [1.807, 2.05) is 12.2 Å². The van der Waals surface area contributed by atoms with E-state index in [1.54, 1.807) is 42.5 Å². The summed E-state index contributed by atoms with van der Waals surface area (Å²) in [7, 11) is 0. The van der Waals surface area contributed by atoms with Gasteiger partial charge in [0.2, 0.25) is 5.91 Å². The Labute approximate surface area is 282 Å². The zero-order chi connectivity index (χ0) is 33.9. The molecule has 0 unspecified atom stereocenters. The van der Waals surface area contributed by atoms with Crippen molar-refractivity contribution >= 4 is 5.91 Å². The minimum Gasteiger partial charge on any atom is -0.394 e. The van der Waals surface area contributed by atoms with Crippen LogP contribution in [0.25, 0.3) is 0 Å². The van der Waals surface area contributed by atoms with Crippen LogP contribution in [-0.2, 0) is 4.79 Å². The maximum Gasteiger partial charge on any atom is 0.220 e. The van der Waals surface area contributed by atoms with Gasteiger partial charge in [-0.25, -0.2) is 0 Å². The second-order valence-corrected chi connectivity index (χ2v) is 12.7. The number of aliphatic hydroxyl groups excluding tert-OH is 4. The van der Waals surface area contributed by atoms with Gasteiger partial charge in [-0.1, -0.05) is 164 Å². The molecule has 1 amide bonds. The summed E-state index contributed by atoms with van der Waals surface area (Å²) in [5.74, 6) is -0.251. The van der Waals surface area contributed by atoms with Gasteiger partial charge < -0.3 is 25.7 Å². The Kier molecular flexibility index (Phi) is 32.9. The first-order valence-corrected chi connectivity index (χ1v) is 18.7. The van der Waals surface area contributed by atoms with E-state index in [0.29, 0.717) is 19.3 Å². The first-order chi connectivity index (χ1) is 22.4. The van der Waals surface area contributed by atoms with E-state index in [-0.39, 0.29) is 18.9 Å². The van der Waals surface area contributed by atoms with Gasteiger partial charge in [0.25, 0.3) is 0 Å². The molecule has 0 aliphatic rings. The maximum absolute atomic E-state index is 12.3. The van der Waals surface area contributed by atoms with Crippen molar-refractivity contribution in [3.05, 3.63) is 60.8 Å². The summed E-state index contributed by atoms with van der Waals surface area (Å²) in [6, 6.07) is -0.737. The lowest BCUT2D eigenvalue weighted by Gasteiger charge is -2.20. The predicted octanol–water partition coefficient (Wildman–Crippen LogP) is 8.95. The first-order valence-electron chi connectivity index (χ1n) is 18.7. The summed E-state index contributed by atoms with van der Waals surface area (Å²) in [5, 5.41) is 42.9. The monoisotopic (exact) mass is 646 g/mol. The van der Waals surface area contributed by atoms with Gasteiger partial charge in [0.1, 0.15) is 0 Å². The summed E-state index contributed by atoms with van der Waals surface area (Å²) in [5.41, 5.74) is 0. The van der Waals surface area contributed by atoms with E-state index >= 15 is 0 Å². The smallest absolute Gasteiger partial charge is 0.220 e. The third-order valence-electron chi connectivity index (χ3n) is 8.19.